The van der Waals surface area contributed by atoms with Gasteiger partial charge < -0.3 is 20.1 Å². The Bertz CT molecular complexity index is 1060. The molecule has 0 radical (unpaired) electrons. The van der Waals surface area contributed by atoms with Crippen molar-refractivity contribution in [3.8, 4) is 11.5 Å². The van der Waals surface area contributed by atoms with Gasteiger partial charge in [-0.25, -0.2) is 0 Å². The van der Waals surface area contributed by atoms with E-state index in [2.05, 4.69) is 26.2 Å². The molecule has 0 aliphatic heterocycles. The van der Waals surface area contributed by atoms with Gasteiger partial charge in [0.25, 0.3) is 0 Å². The van der Waals surface area contributed by atoms with Crippen LogP contribution in [0.3, 0.4) is 0 Å². The van der Waals surface area contributed by atoms with Crippen LogP contribution in [-0.4, -0.2) is 22.6 Å². The number of halogens is 4. The van der Waals surface area contributed by atoms with E-state index in [0.717, 1.165) is 22.5 Å². The molecule has 0 atom stereocenters. The number of ether oxygens (including phenoxy) is 1. The molecular formula is C20H18BrF3N2O3. The minimum Gasteiger partial charge on any atom is -0.480 e. The van der Waals surface area contributed by atoms with Crippen LogP contribution >= 0.6 is 15.9 Å². The lowest BCUT2D eigenvalue weighted by molar-refractivity contribution is -0.138. The molecule has 3 aromatic rings. The Morgan fingerprint density at radius 1 is 1.28 bits per heavy atom. The minimum atomic E-state index is -4.69. The molecule has 1 aromatic heterocycles. The van der Waals surface area contributed by atoms with Gasteiger partial charge in [-0.05, 0) is 57.7 Å². The third-order valence-electron chi connectivity index (χ3n) is 4.32. The van der Waals surface area contributed by atoms with E-state index in [1.165, 1.54) is 6.07 Å². The zero-order valence-electron chi connectivity index (χ0n) is 15.5. The summed E-state index contributed by atoms with van der Waals surface area (Å²) < 4.78 is 46.6. The number of anilines is 1. The van der Waals surface area contributed by atoms with Crippen molar-refractivity contribution in [3.63, 3.8) is 0 Å². The van der Waals surface area contributed by atoms with Gasteiger partial charge in [-0.15, -0.1) is 0 Å². The van der Waals surface area contributed by atoms with Gasteiger partial charge in [-0.3, -0.25) is 4.79 Å². The third-order valence-corrected chi connectivity index (χ3v) is 4.91. The number of aromatic nitrogens is 1. The molecule has 0 spiro atoms. The number of carboxylic acids is 1. The van der Waals surface area contributed by atoms with E-state index in [1.807, 2.05) is 20.0 Å². The van der Waals surface area contributed by atoms with Gasteiger partial charge >= 0.3 is 12.1 Å². The van der Waals surface area contributed by atoms with Gasteiger partial charge in [0.2, 0.25) is 0 Å². The molecule has 29 heavy (non-hydrogen) atoms. The number of carbonyl (C=O) groups is 1. The van der Waals surface area contributed by atoms with Gasteiger partial charge in [-0.1, -0.05) is 13.8 Å². The average Bonchev–Trinajstić information content (AvgIpc) is 3.04. The molecule has 0 saturated carbocycles. The number of hydrogen-bond acceptors (Lipinski definition) is 3. The van der Waals surface area contributed by atoms with E-state index >= 15 is 0 Å². The second kappa shape index (κ2) is 7.98. The highest BCUT2D eigenvalue weighted by Gasteiger charge is 2.36. The first-order chi connectivity index (χ1) is 13.6. The maximum atomic E-state index is 13.6. The predicted molar refractivity (Wildman–Crippen MR) is 108 cm³/mol. The number of hydrogen-bond donors (Lipinski definition) is 3. The summed E-state index contributed by atoms with van der Waals surface area (Å²) >= 11 is 3.12. The lowest BCUT2D eigenvalue weighted by Gasteiger charge is -2.17. The van der Waals surface area contributed by atoms with Crippen LogP contribution in [0.15, 0.2) is 41.0 Å². The van der Waals surface area contributed by atoms with Crippen LogP contribution in [0.4, 0.5) is 18.9 Å². The molecule has 0 unspecified atom stereocenters. The van der Waals surface area contributed by atoms with Gasteiger partial charge in [0.1, 0.15) is 17.9 Å². The van der Waals surface area contributed by atoms with E-state index in [4.69, 9.17) is 9.84 Å². The monoisotopic (exact) mass is 470 g/mol. The summed E-state index contributed by atoms with van der Waals surface area (Å²) in [5.74, 6) is -1.08. The van der Waals surface area contributed by atoms with E-state index in [1.54, 1.807) is 18.2 Å². The number of carboxylic acid groups (broad SMARTS) is 1. The second-order valence-electron chi connectivity index (χ2n) is 6.79. The molecule has 2 aromatic carbocycles. The smallest absolute Gasteiger partial charge is 0.420 e. The maximum absolute atomic E-state index is 13.6. The number of fused-ring (bicyclic) bond motifs is 1. The molecule has 0 bridgehead atoms. The van der Waals surface area contributed by atoms with Crippen molar-refractivity contribution in [1.29, 1.82) is 0 Å². The summed E-state index contributed by atoms with van der Waals surface area (Å²) in [6.07, 6.45) is -2.82. The zero-order valence-corrected chi connectivity index (χ0v) is 17.1. The van der Waals surface area contributed by atoms with Gasteiger partial charge in [0.15, 0.2) is 5.75 Å². The summed E-state index contributed by atoms with van der Waals surface area (Å²) in [4.78, 5) is 13.8. The predicted octanol–water partition coefficient (Wildman–Crippen LogP) is 6.36. The molecule has 3 N–H and O–H groups in total. The van der Waals surface area contributed by atoms with Crippen LogP contribution in [0.1, 0.15) is 30.9 Å². The molecule has 5 nitrogen and oxygen atoms in total. The molecular weight excluding hydrogens is 453 g/mol. The normalized spacial score (nSPS) is 11.8. The Balaban J connectivity index is 2.02. The van der Waals surface area contributed by atoms with Gasteiger partial charge in [0.05, 0.1) is 4.47 Å². The number of aromatic amines is 1. The highest BCUT2D eigenvalue weighted by molar-refractivity contribution is 9.10. The fourth-order valence-electron chi connectivity index (χ4n) is 2.97. The molecule has 3 rings (SSSR count). The Kier molecular flexibility index (Phi) is 5.79. The summed E-state index contributed by atoms with van der Waals surface area (Å²) in [5.41, 5.74) is 0.901. The Labute approximate surface area is 173 Å². The van der Waals surface area contributed by atoms with Crippen LogP contribution in [0.25, 0.3) is 10.9 Å². The standard InChI is InChI=1S/C20H18BrF3N2O3/c1-10(2)14-8-26-17-4-3-12(7-13(14)17)29-19-15(20(22,23)24)5-11(6-16(19)21)25-9-18(27)28/h3-8,10,25-26H,9H2,1-2H3,(H,27,28). The Morgan fingerprint density at radius 3 is 2.62 bits per heavy atom. The summed E-state index contributed by atoms with van der Waals surface area (Å²) in [6, 6.07) is 7.22. The number of aliphatic carboxylic acids is 1. The van der Waals surface area contributed by atoms with Crippen molar-refractivity contribution in [2.75, 3.05) is 11.9 Å². The highest BCUT2D eigenvalue weighted by Crippen LogP contribution is 2.44. The van der Waals surface area contributed by atoms with Crippen LogP contribution in [-0.2, 0) is 11.0 Å². The SMILES string of the molecule is CC(C)c1c[nH]c2ccc(Oc3c(Br)cc(NCC(=O)O)cc3C(F)(F)F)cc12. The molecule has 0 aliphatic carbocycles. The summed E-state index contributed by atoms with van der Waals surface area (Å²) in [5, 5.41) is 12.0. The minimum absolute atomic E-state index is 0.0159. The van der Waals surface area contributed by atoms with Crippen LogP contribution < -0.4 is 10.1 Å². The van der Waals surface area contributed by atoms with Gasteiger partial charge in [-0.2, -0.15) is 13.2 Å². The molecule has 0 amide bonds. The Hall–Kier alpha value is -2.68. The lowest BCUT2D eigenvalue weighted by Crippen LogP contribution is -2.14. The number of rotatable bonds is 6. The number of benzene rings is 2. The van der Waals surface area contributed by atoms with Crippen molar-refractivity contribution in [3.05, 3.63) is 52.1 Å². The van der Waals surface area contributed by atoms with Crippen molar-refractivity contribution >= 4 is 38.5 Å². The maximum Gasteiger partial charge on any atom is 0.420 e. The van der Waals surface area contributed by atoms with Crippen LogP contribution in [0.5, 0.6) is 11.5 Å². The van der Waals surface area contributed by atoms with Crippen molar-refractivity contribution in [2.45, 2.75) is 25.9 Å². The topological polar surface area (TPSA) is 74.3 Å². The largest absolute Gasteiger partial charge is 0.480 e. The molecule has 0 fully saturated rings. The number of nitrogens with one attached hydrogen (secondary N) is 2. The van der Waals surface area contributed by atoms with Crippen molar-refractivity contribution in [1.82, 2.24) is 4.98 Å². The number of H-pyrrole nitrogens is 1. The fourth-order valence-corrected chi connectivity index (χ4v) is 3.51. The molecule has 9 heteroatoms. The van der Waals surface area contributed by atoms with Gasteiger partial charge in [0, 0.05) is 22.8 Å². The second-order valence-corrected chi connectivity index (χ2v) is 7.64. The highest BCUT2D eigenvalue weighted by atomic mass is 79.9. The average molecular weight is 471 g/mol. The zero-order chi connectivity index (χ0) is 21.3. The number of alkyl halides is 3. The first-order valence-electron chi connectivity index (χ1n) is 8.71. The third kappa shape index (κ3) is 4.67. The molecule has 0 saturated heterocycles. The first kappa shape index (κ1) is 21.0. The van der Waals surface area contributed by atoms with Crippen molar-refractivity contribution < 1.29 is 27.8 Å². The molecule has 1 heterocycles. The first-order valence-corrected chi connectivity index (χ1v) is 9.51. The molecule has 154 valence electrons. The Morgan fingerprint density at radius 2 is 2.00 bits per heavy atom. The fraction of sp³-hybridized carbons (Fsp3) is 0.250. The van der Waals surface area contributed by atoms with E-state index in [0.29, 0.717) is 0 Å². The van der Waals surface area contributed by atoms with E-state index in [-0.39, 0.29) is 27.6 Å². The summed E-state index contributed by atoms with van der Waals surface area (Å²) in [7, 11) is 0. The van der Waals surface area contributed by atoms with Crippen LogP contribution in [0, 0.1) is 0 Å². The quantitative estimate of drug-likeness (QED) is 0.391. The van der Waals surface area contributed by atoms with E-state index < -0.39 is 24.3 Å². The summed E-state index contributed by atoms with van der Waals surface area (Å²) in [6.45, 7) is 3.54. The van der Waals surface area contributed by atoms with Crippen molar-refractivity contribution in [2.24, 2.45) is 0 Å². The van der Waals surface area contributed by atoms with Crippen LogP contribution in [0.2, 0.25) is 0 Å². The lowest BCUT2D eigenvalue weighted by atomic mass is 10.0. The molecule has 0 aliphatic rings. The van der Waals surface area contributed by atoms with E-state index in [9.17, 15) is 18.0 Å².